The SMILES string of the molecule is O=C1[C@H]2Cc3c([nH]c4ccccc34)[C@@H](c3ccc4c(c3)OCO4)N2C(=O)CN1C1CCC(CO[N+](=O)[O-])(CO[N+](=O)[O-])CC1. The summed E-state index contributed by atoms with van der Waals surface area (Å²) in [6, 6.07) is 11.8. The van der Waals surface area contributed by atoms with Crippen LogP contribution >= 0.6 is 0 Å². The van der Waals surface area contributed by atoms with Crippen LogP contribution in [0.4, 0.5) is 0 Å². The minimum atomic E-state index is -0.959. The van der Waals surface area contributed by atoms with Gasteiger partial charge in [0.2, 0.25) is 18.6 Å². The molecule has 1 aliphatic carbocycles. The molecule has 0 spiro atoms. The Balaban J connectivity index is 1.19. The van der Waals surface area contributed by atoms with Crippen molar-refractivity contribution in [2.75, 3.05) is 26.6 Å². The molecular weight excluding hydrogens is 578 g/mol. The molecule has 4 aliphatic rings. The standard InChI is InChI=1S/C29H29N5O10/c35-25-13-31(18-7-9-29(10-8-18,14-43-33(37)38)15-44-34(39)40)28(36)22-12-20-19-3-1-2-4-21(19)30-26(20)27(32(22)25)17-5-6-23-24(11-17)42-16-41-23/h1-6,11,18,22,27,30H,7-10,12-16H2/t22-,27-/m1/s1. The van der Waals surface area contributed by atoms with Crippen LogP contribution in [0.3, 0.4) is 0 Å². The number of benzene rings is 2. The maximum absolute atomic E-state index is 14.3. The van der Waals surface area contributed by atoms with E-state index in [2.05, 4.69) is 14.7 Å². The van der Waals surface area contributed by atoms with E-state index in [4.69, 9.17) is 9.47 Å². The second-order valence-corrected chi connectivity index (χ2v) is 11.8. The number of carbonyl (C=O) groups is 2. The Morgan fingerprint density at radius 3 is 2.41 bits per heavy atom. The fourth-order valence-electron chi connectivity index (χ4n) is 7.26. The minimum Gasteiger partial charge on any atom is -0.454 e. The fourth-order valence-corrected chi connectivity index (χ4v) is 7.26. The first-order valence-corrected chi connectivity index (χ1v) is 14.4. The van der Waals surface area contributed by atoms with Crippen LogP contribution in [0.25, 0.3) is 10.9 Å². The van der Waals surface area contributed by atoms with Gasteiger partial charge in [0.1, 0.15) is 25.8 Å². The Morgan fingerprint density at radius 1 is 0.977 bits per heavy atom. The first-order chi connectivity index (χ1) is 21.2. The number of para-hydroxylation sites is 1. The molecule has 15 nitrogen and oxygen atoms in total. The zero-order valence-electron chi connectivity index (χ0n) is 23.5. The highest BCUT2D eigenvalue weighted by atomic mass is 17.0. The third-order valence-corrected chi connectivity index (χ3v) is 9.41. The van der Waals surface area contributed by atoms with Crippen LogP contribution < -0.4 is 9.47 Å². The summed E-state index contributed by atoms with van der Waals surface area (Å²) in [6.45, 7) is -0.728. The highest BCUT2D eigenvalue weighted by Gasteiger charge is 2.51. The van der Waals surface area contributed by atoms with Gasteiger partial charge in [-0.25, -0.2) is 0 Å². The third-order valence-electron chi connectivity index (χ3n) is 9.41. The lowest BCUT2D eigenvalue weighted by molar-refractivity contribution is -0.772. The van der Waals surface area contributed by atoms with Gasteiger partial charge in [0.05, 0.1) is 6.04 Å². The van der Waals surface area contributed by atoms with Gasteiger partial charge >= 0.3 is 0 Å². The minimum absolute atomic E-state index is 0.110. The second-order valence-electron chi connectivity index (χ2n) is 11.8. The molecule has 1 saturated carbocycles. The molecule has 1 N–H and O–H groups in total. The van der Waals surface area contributed by atoms with Gasteiger partial charge in [0.15, 0.2) is 11.5 Å². The molecule has 2 amide bonds. The van der Waals surface area contributed by atoms with E-state index in [1.807, 2.05) is 42.5 Å². The molecule has 3 aliphatic heterocycles. The summed E-state index contributed by atoms with van der Waals surface area (Å²) in [5.74, 6) is 0.817. The second kappa shape index (κ2) is 10.6. The van der Waals surface area contributed by atoms with Crippen molar-refractivity contribution in [1.82, 2.24) is 14.8 Å². The predicted octanol–water partition coefficient (Wildman–Crippen LogP) is 2.93. The highest BCUT2D eigenvalue weighted by Crippen LogP contribution is 2.46. The summed E-state index contributed by atoms with van der Waals surface area (Å²) < 4.78 is 11.1. The van der Waals surface area contributed by atoms with Gasteiger partial charge < -0.3 is 33.9 Å². The van der Waals surface area contributed by atoms with Crippen molar-refractivity contribution in [2.45, 2.75) is 50.2 Å². The van der Waals surface area contributed by atoms with Crippen LogP contribution in [0.5, 0.6) is 11.5 Å². The van der Waals surface area contributed by atoms with Gasteiger partial charge in [0, 0.05) is 34.5 Å². The first kappa shape index (κ1) is 27.7. The highest BCUT2D eigenvalue weighted by molar-refractivity contribution is 5.98. The van der Waals surface area contributed by atoms with E-state index in [1.165, 1.54) is 0 Å². The molecule has 2 atom stereocenters. The van der Waals surface area contributed by atoms with E-state index >= 15 is 0 Å². The number of hydrogen-bond donors (Lipinski definition) is 1. The van der Waals surface area contributed by atoms with E-state index in [9.17, 15) is 29.8 Å². The van der Waals surface area contributed by atoms with Gasteiger partial charge in [-0.3, -0.25) is 9.59 Å². The third kappa shape index (κ3) is 4.68. The summed E-state index contributed by atoms with van der Waals surface area (Å²) in [5, 5.41) is 20.9. The number of aromatic nitrogens is 1. The number of amides is 2. The predicted molar refractivity (Wildman–Crippen MR) is 149 cm³/mol. The molecular formula is C29H29N5O10. The number of rotatable bonds is 8. The van der Waals surface area contributed by atoms with Crippen molar-refractivity contribution in [3.8, 4) is 11.5 Å². The molecule has 2 aromatic carbocycles. The molecule has 3 aromatic rings. The largest absolute Gasteiger partial charge is 0.454 e. The quantitative estimate of drug-likeness (QED) is 0.295. The molecule has 44 heavy (non-hydrogen) atoms. The molecule has 0 bridgehead atoms. The number of fused-ring (bicyclic) bond motifs is 5. The monoisotopic (exact) mass is 607 g/mol. The molecule has 4 heterocycles. The van der Waals surface area contributed by atoms with Crippen LogP contribution in [-0.2, 0) is 25.7 Å². The number of nitrogens with zero attached hydrogens (tertiary/aromatic N) is 4. The maximum atomic E-state index is 14.3. The van der Waals surface area contributed by atoms with Crippen LogP contribution in [0.15, 0.2) is 42.5 Å². The number of aromatic amines is 1. The summed E-state index contributed by atoms with van der Waals surface area (Å²) in [4.78, 5) is 66.1. The Bertz CT molecular complexity index is 1650. The molecule has 7 rings (SSSR count). The van der Waals surface area contributed by atoms with Gasteiger partial charge in [-0.1, -0.05) is 24.3 Å². The lowest BCUT2D eigenvalue weighted by atomic mass is 9.73. The fraction of sp³-hybridized carbons (Fsp3) is 0.448. The molecule has 230 valence electrons. The van der Waals surface area contributed by atoms with Crippen molar-refractivity contribution in [1.29, 1.82) is 0 Å². The molecule has 1 saturated heterocycles. The van der Waals surface area contributed by atoms with Crippen LogP contribution in [-0.4, -0.2) is 75.4 Å². The summed E-state index contributed by atoms with van der Waals surface area (Å²) >= 11 is 0. The molecule has 0 unspecified atom stereocenters. The zero-order valence-corrected chi connectivity index (χ0v) is 23.5. The molecule has 0 radical (unpaired) electrons. The number of ether oxygens (including phenoxy) is 2. The van der Waals surface area contributed by atoms with Gasteiger partial charge in [-0.05, 0) is 55.0 Å². The van der Waals surface area contributed by atoms with Crippen molar-refractivity contribution in [3.63, 3.8) is 0 Å². The first-order valence-electron chi connectivity index (χ1n) is 14.4. The molecule has 1 aromatic heterocycles. The van der Waals surface area contributed by atoms with E-state index in [0.29, 0.717) is 30.8 Å². The van der Waals surface area contributed by atoms with Gasteiger partial charge in [-0.15, -0.1) is 20.2 Å². The van der Waals surface area contributed by atoms with Crippen LogP contribution in [0.2, 0.25) is 0 Å². The van der Waals surface area contributed by atoms with Crippen LogP contribution in [0.1, 0.15) is 48.5 Å². The number of H-pyrrole nitrogens is 1. The number of piperazine rings is 1. The summed E-state index contributed by atoms with van der Waals surface area (Å²) in [5.41, 5.74) is 2.58. The average Bonchev–Trinajstić information content (AvgIpc) is 3.64. The molecule has 2 fully saturated rings. The lowest BCUT2D eigenvalue weighted by Gasteiger charge is -2.50. The van der Waals surface area contributed by atoms with Crippen molar-refractivity contribution in [3.05, 3.63) is 79.5 Å². The summed E-state index contributed by atoms with van der Waals surface area (Å²) in [7, 11) is 0. The van der Waals surface area contributed by atoms with E-state index in [0.717, 1.165) is 27.7 Å². The van der Waals surface area contributed by atoms with Gasteiger partial charge in [0.25, 0.3) is 10.2 Å². The average molecular weight is 608 g/mol. The van der Waals surface area contributed by atoms with Crippen molar-refractivity contribution in [2.24, 2.45) is 5.41 Å². The van der Waals surface area contributed by atoms with Crippen LogP contribution in [0, 0.1) is 25.6 Å². The Hall–Kier alpha value is -5.08. The van der Waals surface area contributed by atoms with Crippen molar-refractivity contribution < 1.29 is 38.9 Å². The molecule has 15 heteroatoms. The number of nitrogens with one attached hydrogen (secondary N) is 1. The number of carbonyl (C=O) groups excluding carboxylic acids is 2. The normalized spacial score (nSPS) is 22.5. The smallest absolute Gasteiger partial charge is 0.294 e. The van der Waals surface area contributed by atoms with Gasteiger partial charge in [-0.2, -0.15) is 0 Å². The number of hydrogen-bond acceptors (Lipinski definition) is 10. The Labute approximate surface area is 249 Å². The van der Waals surface area contributed by atoms with E-state index in [-0.39, 0.29) is 57.2 Å². The Kier molecular flexibility index (Phi) is 6.66. The zero-order chi connectivity index (χ0) is 30.6. The topological polar surface area (TPSA) is 180 Å². The maximum Gasteiger partial charge on any atom is 0.294 e. The lowest BCUT2D eigenvalue weighted by Crippen LogP contribution is -2.65. The Morgan fingerprint density at radius 2 is 1.68 bits per heavy atom. The van der Waals surface area contributed by atoms with Crippen molar-refractivity contribution >= 4 is 22.7 Å². The van der Waals surface area contributed by atoms with E-state index in [1.54, 1.807) is 9.80 Å². The van der Waals surface area contributed by atoms with E-state index < -0.39 is 27.7 Å². The summed E-state index contributed by atoms with van der Waals surface area (Å²) in [6.07, 6.45) is 1.69.